The van der Waals surface area contributed by atoms with Gasteiger partial charge in [-0.25, -0.2) is 4.79 Å². The first-order chi connectivity index (χ1) is 8.69. The van der Waals surface area contributed by atoms with E-state index in [-0.39, 0.29) is 6.03 Å². The van der Waals surface area contributed by atoms with Gasteiger partial charge in [-0.3, -0.25) is 0 Å². The summed E-state index contributed by atoms with van der Waals surface area (Å²) >= 11 is 0. The zero-order valence-corrected chi connectivity index (χ0v) is 11.2. The summed E-state index contributed by atoms with van der Waals surface area (Å²) in [7, 11) is 0. The Morgan fingerprint density at radius 3 is 2.44 bits per heavy atom. The second-order valence-electron chi connectivity index (χ2n) is 4.89. The van der Waals surface area contributed by atoms with Crippen molar-refractivity contribution in [3.05, 3.63) is 29.8 Å². The van der Waals surface area contributed by atoms with Gasteiger partial charge < -0.3 is 15.1 Å². The smallest absolute Gasteiger partial charge is 0.322 e. The molecule has 1 heterocycles. The van der Waals surface area contributed by atoms with Crippen molar-refractivity contribution in [1.29, 1.82) is 0 Å². The molecular weight excluding hydrogens is 226 g/mol. The fourth-order valence-corrected chi connectivity index (χ4v) is 2.22. The molecule has 1 aliphatic heterocycles. The summed E-state index contributed by atoms with van der Waals surface area (Å²) in [6.45, 7) is 9.18. The quantitative estimate of drug-likeness (QED) is 0.796. The van der Waals surface area contributed by atoms with Gasteiger partial charge >= 0.3 is 6.03 Å². The molecule has 1 saturated heterocycles. The van der Waals surface area contributed by atoms with Crippen LogP contribution in [0.5, 0.6) is 0 Å². The maximum Gasteiger partial charge on any atom is 0.322 e. The van der Waals surface area contributed by atoms with Crippen LogP contribution in [0.15, 0.2) is 24.3 Å². The Hall–Kier alpha value is -1.55. The molecule has 4 nitrogen and oxygen atoms in total. The lowest BCUT2D eigenvalue weighted by atomic mass is 10.2. The molecule has 1 aliphatic rings. The standard InChI is InChI=1S/C14H21N3O/c1-3-16-8-10-17(11-9-16)14(18)15-13-6-4-12(2)5-7-13/h4-7H,3,8-11H2,1-2H3,(H,15,18)/p+1. The lowest BCUT2D eigenvalue weighted by Gasteiger charge is -2.31. The highest BCUT2D eigenvalue weighted by molar-refractivity contribution is 5.89. The first-order valence-electron chi connectivity index (χ1n) is 6.65. The molecule has 0 aromatic heterocycles. The van der Waals surface area contributed by atoms with Crippen LogP contribution in [0.2, 0.25) is 0 Å². The average Bonchev–Trinajstić information content (AvgIpc) is 2.41. The van der Waals surface area contributed by atoms with Gasteiger partial charge in [-0.1, -0.05) is 17.7 Å². The average molecular weight is 248 g/mol. The Kier molecular flexibility index (Phi) is 4.20. The molecular formula is C14H22N3O+. The number of hydrogen-bond donors (Lipinski definition) is 2. The number of anilines is 1. The third-order valence-corrected chi connectivity index (χ3v) is 3.56. The van der Waals surface area contributed by atoms with Crippen molar-refractivity contribution in [3.63, 3.8) is 0 Å². The van der Waals surface area contributed by atoms with E-state index in [1.165, 1.54) is 5.56 Å². The molecule has 1 fully saturated rings. The summed E-state index contributed by atoms with van der Waals surface area (Å²) in [5.74, 6) is 0. The molecule has 1 aromatic carbocycles. The van der Waals surface area contributed by atoms with E-state index in [2.05, 4.69) is 12.2 Å². The van der Waals surface area contributed by atoms with Crippen molar-refractivity contribution < 1.29 is 9.69 Å². The van der Waals surface area contributed by atoms with E-state index < -0.39 is 0 Å². The number of nitrogens with zero attached hydrogens (tertiary/aromatic N) is 1. The molecule has 0 saturated carbocycles. The second kappa shape index (κ2) is 5.87. The number of likely N-dealkylation sites (N-methyl/N-ethyl adjacent to an activating group) is 1. The van der Waals surface area contributed by atoms with Crippen molar-refractivity contribution in [2.24, 2.45) is 0 Å². The highest BCUT2D eigenvalue weighted by Gasteiger charge is 2.22. The first kappa shape index (κ1) is 12.9. The van der Waals surface area contributed by atoms with Gasteiger partial charge in [0.15, 0.2) is 0 Å². The maximum atomic E-state index is 12.1. The van der Waals surface area contributed by atoms with E-state index in [9.17, 15) is 4.79 Å². The monoisotopic (exact) mass is 248 g/mol. The zero-order valence-electron chi connectivity index (χ0n) is 11.2. The molecule has 0 radical (unpaired) electrons. The van der Waals surface area contributed by atoms with Crippen LogP contribution in [0, 0.1) is 6.92 Å². The highest BCUT2D eigenvalue weighted by Crippen LogP contribution is 2.09. The van der Waals surface area contributed by atoms with Gasteiger partial charge in [0.1, 0.15) is 0 Å². The van der Waals surface area contributed by atoms with Crippen LogP contribution in [0.4, 0.5) is 10.5 Å². The summed E-state index contributed by atoms with van der Waals surface area (Å²) in [6.07, 6.45) is 0. The molecule has 0 unspecified atom stereocenters. The van der Waals surface area contributed by atoms with Crippen molar-refractivity contribution in [3.8, 4) is 0 Å². The number of rotatable bonds is 2. The minimum absolute atomic E-state index is 0.0222. The van der Waals surface area contributed by atoms with E-state index in [0.29, 0.717) is 0 Å². The predicted octanol–water partition coefficient (Wildman–Crippen LogP) is 0.747. The van der Waals surface area contributed by atoms with Crippen LogP contribution in [-0.2, 0) is 0 Å². The summed E-state index contributed by atoms with van der Waals surface area (Å²) in [4.78, 5) is 15.5. The Morgan fingerprint density at radius 2 is 1.89 bits per heavy atom. The van der Waals surface area contributed by atoms with Crippen LogP contribution in [0.25, 0.3) is 0 Å². The molecule has 18 heavy (non-hydrogen) atoms. The van der Waals surface area contributed by atoms with E-state index in [0.717, 1.165) is 38.4 Å². The van der Waals surface area contributed by atoms with Crippen LogP contribution < -0.4 is 10.2 Å². The fourth-order valence-electron chi connectivity index (χ4n) is 2.22. The molecule has 1 aromatic rings. The Labute approximate surface area is 109 Å². The number of aryl methyl sites for hydroxylation is 1. The van der Waals surface area contributed by atoms with Gasteiger partial charge in [0.25, 0.3) is 0 Å². The van der Waals surface area contributed by atoms with Crippen molar-refractivity contribution in [2.45, 2.75) is 13.8 Å². The molecule has 2 amide bonds. The van der Waals surface area contributed by atoms with Gasteiger partial charge in [-0.2, -0.15) is 0 Å². The van der Waals surface area contributed by atoms with E-state index in [1.807, 2.05) is 36.1 Å². The molecule has 0 aliphatic carbocycles. The van der Waals surface area contributed by atoms with Crippen LogP contribution in [0.3, 0.4) is 0 Å². The topological polar surface area (TPSA) is 36.8 Å². The van der Waals surface area contributed by atoms with Gasteiger partial charge in [0, 0.05) is 5.69 Å². The van der Waals surface area contributed by atoms with Gasteiger partial charge in [-0.05, 0) is 26.0 Å². The zero-order chi connectivity index (χ0) is 13.0. The SMILES string of the molecule is CC[NH+]1CCN(C(=O)Nc2ccc(C)cc2)CC1. The molecule has 2 N–H and O–H groups in total. The minimum Gasteiger partial charge on any atom is -0.332 e. The van der Waals surface area contributed by atoms with Crippen LogP contribution in [-0.4, -0.2) is 43.7 Å². The summed E-state index contributed by atoms with van der Waals surface area (Å²) in [5, 5.41) is 2.95. The molecule has 4 heteroatoms. The fraction of sp³-hybridized carbons (Fsp3) is 0.500. The van der Waals surface area contributed by atoms with E-state index in [1.54, 1.807) is 4.90 Å². The summed E-state index contributed by atoms with van der Waals surface area (Å²) in [5.41, 5.74) is 2.07. The van der Waals surface area contributed by atoms with Crippen molar-refractivity contribution in [2.75, 3.05) is 38.0 Å². The summed E-state index contributed by atoms with van der Waals surface area (Å²) in [6, 6.07) is 7.93. The number of piperazine rings is 1. The molecule has 0 atom stereocenters. The lowest BCUT2D eigenvalue weighted by Crippen LogP contribution is -3.14. The number of hydrogen-bond acceptors (Lipinski definition) is 1. The third kappa shape index (κ3) is 3.23. The Morgan fingerprint density at radius 1 is 1.28 bits per heavy atom. The molecule has 2 rings (SSSR count). The van der Waals surface area contributed by atoms with Crippen molar-refractivity contribution in [1.82, 2.24) is 4.90 Å². The molecule has 98 valence electrons. The number of benzene rings is 1. The van der Waals surface area contributed by atoms with Gasteiger partial charge in [0.2, 0.25) is 0 Å². The third-order valence-electron chi connectivity index (χ3n) is 3.56. The van der Waals surface area contributed by atoms with E-state index >= 15 is 0 Å². The van der Waals surface area contributed by atoms with Gasteiger partial charge in [0.05, 0.1) is 32.7 Å². The number of carbonyl (C=O) groups excluding carboxylic acids is 1. The highest BCUT2D eigenvalue weighted by atomic mass is 16.2. The summed E-state index contributed by atoms with van der Waals surface area (Å²) < 4.78 is 0. The number of carbonyl (C=O) groups is 1. The van der Waals surface area contributed by atoms with E-state index in [4.69, 9.17) is 0 Å². The van der Waals surface area contributed by atoms with Gasteiger partial charge in [-0.15, -0.1) is 0 Å². The van der Waals surface area contributed by atoms with Crippen LogP contribution in [0.1, 0.15) is 12.5 Å². The van der Waals surface area contributed by atoms with Crippen molar-refractivity contribution >= 4 is 11.7 Å². The number of urea groups is 1. The Balaban J connectivity index is 1.87. The first-order valence-corrected chi connectivity index (χ1v) is 6.65. The van der Waals surface area contributed by atoms with Crippen LogP contribution >= 0.6 is 0 Å². The minimum atomic E-state index is 0.0222. The molecule has 0 spiro atoms. The lowest BCUT2D eigenvalue weighted by molar-refractivity contribution is -0.902. The predicted molar refractivity (Wildman–Crippen MR) is 73.0 cm³/mol. The maximum absolute atomic E-state index is 12.1. The number of quaternary nitrogens is 1. The largest absolute Gasteiger partial charge is 0.332 e. The normalized spacial score (nSPS) is 16.7. The molecule has 0 bridgehead atoms. The number of nitrogens with one attached hydrogen (secondary N) is 2. The Bertz CT molecular complexity index is 394. The number of amides is 2. The second-order valence-corrected chi connectivity index (χ2v) is 4.89.